The topological polar surface area (TPSA) is 93.7 Å². The SMILES string of the molecule is CNCc1c(-c2cc(C(=O)NC(C)C(C)C)ccc2C)nc(N2CCC(N3CCC(C)CC3)CC2)nc1N(C=O)c1c(F)cccc1F. The molecule has 2 N–H and O–H groups in total. The molecule has 2 aliphatic rings. The van der Waals surface area contributed by atoms with Crippen LogP contribution in [-0.2, 0) is 11.3 Å². The molecule has 0 saturated carbocycles. The Morgan fingerprint density at radius 1 is 1.02 bits per heavy atom. The number of para-hydroxylation sites is 1. The summed E-state index contributed by atoms with van der Waals surface area (Å²) in [6.45, 7) is 14.1. The average molecular weight is 662 g/mol. The van der Waals surface area contributed by atoms with Crippen molar-refractivity contribution < 1.29 is 18.4 Å². The van der Waals surface area contributed by atoms with E-state index in [2.05, 4.69) is 27.4 Å². The minimum absolute atomic E-state index is 0.0348. The van der Waals surface area contributed by atoms with E-state index in [4.69, 9.17) is 9.97 Å². The molecule has 0 spiro atoms. The van der Waals surface area contributed by atoms with E-state index in [1.54, 1.807) is 19.2 Å². The Kier molecular flexibility index (Phi) is 11.4. The van der Waals surface area contributed by atoms with E-state index in [1.807, 2.05) is 33.8 Å². The third-order valence-corrected chi connectivity index (χ3v) is 10.0. The molecule has 3 aromatic rings. The first-order valence-corrected chi connectivity index (χ1v) is 17.2. The van der Waals surface area contributed by atoms with Gasteiger partial charge in [0.15, 0.2) is 5.82 Å². The Balaban J connectivity index is 1.62. The highest BCUT2D eigenvalue weighted by atomic mass is 19.1. The predicted molar refractivity (Wildman–Crippen MR) is 187 cm³/mol. The highest BCUT2D eigenvalue weighted by molar-refractivity contribution is 5.96. The van der Waals surface area contributed by atoms with Crippen molar-refractivity contribution in [1.82, 2.24) is 25.5 Å². The van der Waals surface area contributed by atoms with Gasteiger partial charge in [0.1, 0.15) is 17.3 Å². The van der Waals surface area contributed by atoms with E-state index in [0.29, 0.717) is 53.9 Å². The Labute approximate surface area is 283 Å². The van der Waals surface area contributed by atoms with E-state index >= 15 is 8.78 Å². The van der Waals surface area contributed by atoms with Crippen LogP contribution < -0.4 is 20.4 Å². The van der Waals surface area contributed by atoms with Crippen molar-refractivity contribution in [3.05, 3.63) is 64.7 Å². The molecule has 2 fully saturated rings. The molecule has 2 amide bonds. The van der Waals surface area contributed by atoms with E-state index in [9.17, 15) is 9.59 Å². The molecule has 258 valence electrons. The summed E-state index contributed by atoms with van der Waals surface area (Å²) in [7, 11) is 1.74. The Hall–Kier alpha value is -3.96. The maximum atomic E-state index is 15.2. The molecule has 11 heteroatoms. The number of hydrogen-bond acceptors (Lipinski definition) is 7. The second-order valence-electron chi connectivity index (χ2n) is 13.7. The summed E-state index contributed by atoms with van der Waals surface area (Å²) in [5, 5.41) is 6.19. The van der Waals surface area contributed by atoms with Gasteiger partial charge in [0, 0.05) is 48.4 Å². The number of piperidine rings is 2. The molecule has 1 atom stereocenters. The molecule has 48 heavy (non-hydrogen) atoms. The molecule has 2 aromatic carbocycles. The fourth-order valence-corrected chi connectivity index (χ4v) is 6.59. The van der Waals surface area contributed by atoms with E-state index in [-0.39, 0.29) is 30.2 Å². The van der Waals surface area contributed by atoms with Crippen LogP contribution in [0.15, 0.2) is 36.4 Å². The van der Waals surface area contributed by atoms with Crippen LogP contribution in [0, 0.1) is 30.4 Å². The van der Waals surface area contributed by atoms with Gasteiger partial charge in [-0.2, -0.15) is 4.98 Å². The smallest absolute Gasteiger partial charge is 0.251 e. The lowest BCUT2D eigenvalue weighted by molar-refractivity contribution is -0.106. The number of halogens is 2. The molecule has 0 radical (unpaired) electrons. The predicted octanol–water partition coefficient (Wildman–Crippen LogP) is 6.22. The van der Waals surface area contributed by atoms with E-state index in [0.717, 1.165) is 54.4 Å². The van der Waals surface area contributed by atoms with Crippen LogP contribution in [0.4, 0.5) is 26.2 Å². The summed E-state index contributed by atoms with van der Waals surface area (Å²) in [6, 6.07) is 9.38. The van der Waals surface area contributed by atoms with Crippen LogP contribution >= 0.6 is 0 Å². The maximum Gasteiger partial charge on any atom is 0.251 e. The van der Waals surface area contributed by atoms with Crippen LogP contribution in [0.25, 0.3) is 11.3 Å². The first-order chi connectivity index (χ1) is 23.0. The second kappa shape index (κ2) is 15.5. The number of aromatic nitrogens is 2. The number of hydrogen-bond donors (Lipinski definition) is 2. The zero-order valence-corrected chi connectivity index (χ0v) is 29.0. The zero-order chi connectivity index (χ0) is 34.5. The minimum Gasteiger partial charge on any atom is -0.349 e. The third kappa shape index (κ3) is 7.68. The number of nitrogens with one attached hydrogen (secondary N) is 2. The lowest BCUT2D eigenvalue weighted by atomic mass is 9.95. The fraction of sp³-hybridized carbons (Fsp3) is 0.514. The Bertz CT molecular complexity index is 1580. The van der Waals surface area contributed by atoms with Gasteiger partial charge in [-0.3, -0.25) is 14.5 Å². The Morgan fingerprint density at radius 2 is 1.69 bits per heavy atom. The van der Waals surface area contributed by atoms with Crippen LogP contribution in [0.1, 0.15) is 74.9 Å². The number of rotatable bonds is 11. The summed E-state index contributed by atoms with van der Waals surface area (Å²) in [5.41, 5.74) is 2.44. The third-order valence-electron chi connectivity index (χ3n) is 10.0. The molecule has 2 saturated heterocycles. The molecule has 0 aliphatic carbocycles. The summed E-state index contributed by atoms with van der Waals surface area (Å²) in [5.74, 6) is -0.512. The van der Waals surface area contributed by atoms with Gasteiger partial charge in [-0.1, -0.05) is 32.9 Å². The molecule has 2 aliphatic heterocycles. The number of carbonyl (C=O) groups is 2. The van der Waals surface area contributed by atoms with Gasteiger partial charge >= 0.3 is 0 Å². The minimum atomic E-state index is -0.884. The molecular formula is C37H49F2N7O2. The van der Waals surface area contributed by atoms with Crippen LogP contribution in [0.3, 0.4) is 0 Å². The van der Waals surface area contributed by atoms with E-state index in [1.165, 1.54) is 18.9 Å². The van der Waals surface area contributed by atoms with Gasteiger partial charge in [-0.05, 0) is 101 Å². The highest BCUT2D eigenvalue weighted by Crippen LogP contribution is 2.38. The van der Waals surface area contributed by atoms with Crippen LogP contribution in [-0.4, -0.2) is 72.5 Å². The first-order valence-electron chi connectivity index (χ1n) is 17.2. The van der Waals surface area contributed by atoms with Gasteiger partial charge in [0.05, 0.1) is 5.69 Å². The Morgan fingerprint density at radius 3 is 2.29 bits per heavy atom. The molecule has 0 bridgehead atoms. The number of anilines is 3. The molecule has 1 aromatic heterocycles. The zero-order valence-electron chi connectivity index (χ0n) is 29.0. The normalized spacial score (nSPS) is 17.1. The molecule has 1 unspecified atom stereocenters. The van der Waals surface area contributed by atoms with Crippen molar-refractivity contribution in [2.75, 3.05) is 43.0 Å². The number of likely N-dealkylation sites (tertiary alicyclic amines) is 1. The summed E-state index contributed by atoms with van der Waals surface area (Å²) in [4.78, 5) is 41.7. The van der Waals surface area contributed by atoms with Crippen molar-refractivity contribution in [2.24, 2.45) is 11.8 Å². The lowest BCUT2D eigenvalue weighted by Gasteiger charge is -2.41. The number of amides is 2. The number of benzene rings is 2. The van der Waals surface area contributed by atoms with Crippen molar-refractivity contribution in [2.45, 2.75) is 78.9 Å². The van der Waals surface area contributed by atoms with Gasteiger partial charge in [-0.15, -0.1) is 0 Å². The van der Waals surface area contributed by atoms with Crippen molar-refractivity contribution in [3.8, 4) is 11.3 Å². The number of nitrogens with zero attached hydrogens (tertiary/aromatic N) is 5. The van der Waals surface area contributed by atoms with Crippen LogP contribution in [0.2, 0.25) is 0 Å². The monoisotopic (exact) mass is 661 g/mol. The molecular weight excluding hydrogens is 612 g/mol. The lowest BCUT2D eigenvalue weighted by Crippen LogP contribution is -2.48. The van der Waals surface area contributed by atoms with Crippen LogP contribution in [0.5, 0.6) is 0 Å². The van der Waals surface area contributed by atoms with Crippen molar-refractivity contribution in [3.63, 3.8) is 0 Å². The number of carbonyl (C=O) groups excluding carboxylic acids is 2. The van der Waals surface area contributed by atoms with Gasteiger partial charge in [0.25, 0.3) is 5.91 Å². The maximum absolute atomic E-state index is 15.2. The van der Waals surface area contributed by atoms with Gasteiger partial charge in [-0.25, -0.2) is 13.8 Å². The quantitative estimate of drug-likeness (QED) is 0.236. The van der Waals surface area contributed by atoms with Crippen molar-refractivity contribution in [1.29, 1.82) is 0 Å². The average Bonchev–Trinajstić information content (AvgIpc) is 3.07. The summed E-state index contributed by atoms with van der Waals surface area (Å²) >= 11 is 0. The largest absolute Gasteiger partial charge is 0.349 e. The van der Waals surface area contributed by atoms with Gasteiger partial charge < -0.3 is 20.4 Å². The van der Waals surface area contributed by atoms with Crippen molar-refractivity contribution >= 4 is 29.8 Å². The van der Waals surface area contributed by atoms with Gasteiger partial charge in [0.2, 0.25) is 12.4 Å². The standard InChI is InChI=1S/C37H49F2N7O2/c1-23(2)26(5)41-36(48)27-11-10-25(4)29(20-27)33-30(21-40-6)35(46(22-47)34-31(38)8-7-9-32(34)39)43-37(42-33)45-18-14-28(15-19-45)44-16-12-24(3)13-17-44/h7-11,20,22-24,26,28,40H,12-19,21H2,1-6H3,(H,41,48). The van der Waals surface area contributed by atoms with E-state index < -0.39 is 17.3 Å². The molecule has 5 rings (SSSR count). The molecule has 3 heterocycles. The number of aryl methyl sites for hydroxylation is 1. The summed E-state index contributed by atoms with van der Waals surface area (Å²) in [6.07, 6.45) is 4.68. The fourth-order valence-electron chi connectivity index (χ4n) is 6.59. The second-order valence-corrected chi connectivity index (χ2v) is 13.7. The first kappa shape index (κ1) is 35.3. The summed E-state index contributed by atoms with van der Waals surface area (Å²) < 4.78 is 30.4. The highest BCUT2D eigenvalue weighted by Gasteiger charge is 2.31. The molecule has 9 nitrogen and oxygen atoms in total.